The molecule has 2 aromatic carbocycles. The molecule has 0 radical (unpaired) electrons. The van der Waals surface area contributed by atoms with Gasteiger partial charge < -0.3 is 29.9 Å². The van der Waals surface area contributed by atoms with Crippen molar-refractivity contribution in [1.82, 2.24) is 29.9 Å². The van der Waals surface area contributed by atoms with Crippen molar-refractivity contribution in [2.24, 2.45) is 0 Å². The monoisotopic (exact) mass is 766 g/mol. The number of nitrogens with zero attached hydrogens (tertiary/aromatic N) is 8. The lowest BCUT2D eigenvalue weighted by molar-refractivity contribution is 0.122. The Kier molecular flexibility index (Phi) is 10.6. The van der Waals surface area contributed by atoms with Gasteiger partial charge in [0.15, 0.2) is 0 Å². The van der Waals surface area contributed by atoms with Gasteiger partial charge in [0.1, 0.15) is 9.79 Å². The number of halogens is 2. The number of rotatable bonds is 10. The van der Waals surface area contributed by atoms with Crippen LogP contribution in [-0.4, -0.2) is 108 Å². The highest BCUT2D eigenvalue weighted by atomic mass is 35.5. The van der Waals surface area contributed by atoms with E-state index in [1.165, 1.54) is 36.4 Å². The molecule has 4 aromatic rings. The Balaban J connectivity index is 1.26. The molecule has 22 heteroatoms. The van der Waals surface area contributed by atoms with E-state index in [0.29, 0.717) is 64.5 Å². The van der Waals surface area contributed by atoms with Crippen LogP contribution in [0, 0.1) is 0 Å². The molecule has 264 valence electrons. The number of nitrogens with one attached hydrogen (secondary N) is 2. The molecule has 2 aliphatic rings. The largest absolute Gasteiger partial charge is 0.378 e. The number of morpholine rings is 2. The van der Waals surface area contributed by atoms with E-state index in [9.17, 15) is 25.9 Å². The van der Waals surface area contributed by atoms with E-state index < -0.39 is 30.0 Å². The van der Waals surface area contributed by atoms with Crippen molar-refractivity contribution in [3.05, 3.63) is 58.1 Å². The van der Waals surface area contributed by atoms with Crippen LogP contribution in [0.3, 0.4) is 0 Å². The Bertz CT molecular complexity index is 2000. The van der Waals surface area contributed by atoms with Crippen molar-refractivity contribution >= 4 is 90.8 Å². The van der Waals surface area contributed by atoms with Gasteiger partial charge in [-0.05, 0) is 58.6 Å². The molecular weight excluding hydrogens is 739 g/mol. The van der Waals surface area contributed by atoms with Crippen LogP contribution in [0.1, 0.15) is 11.1 Å². The Morgan fingerprint density at radius 3 is 1.36 bits per heavy atom. The highest BCUT2D eigenvalue weighted by Gasteiger charge is 2.21. The van der Waals surface area contributed by atoms with Gasteiger partial charge in [0, 0.05) is 37.6 Å². The third-order valence-corrected chi connectivity index (χ3v) is 9.47. The number of benzene rings is 2. The summed E-state index contributed by atoms with van der Waals surface area (Å²) in [7, 11) is -9.58. The van der Waals surface area contributed by atoms with E-state index in [1.54, 1.807) is 0 Å². The van der Waals surface area contributed by atoms with E-state index >= 15 is 0 Å². The lowest BCUT2D eigenvalue weighted by Gasteiger charge is -2.26. The molecule has 0 bridgehead atoms. The van der Waals surface area contributed by atoms with Crippen molar-refractivity contribution in [2.75, 3.05) is 73.0 Å². The Hall–Kier alpha value is -4.28. The maximum Gasteiger partial charge on any atom is 0.295 e. The average molecular weight is 768 g/mol. The molecule has 0 atom stereocenters. The molecule has 0 saturated carbocycles. The number of aromatic nitrogens is 6. The van der Waals surface area contributed by atoms with E-state index in [4.69, 9.17) is 32.7 Å². The van der Waals surface area contributed by atoms with Gasteiger partial charge in [0.05, 0.1) is 26.4 Å². The molecule has 0 amide bonds. The van der Waals surface area contributed by atoms with Gasteiger partial charge in [-0.25, -0.2) is 0 Å². The summed E-state index contributed by atoms with van der Waals surface area (Å²) in [6.07, 6.45) is 2.53. The van der Waals surface area contributed by atoms with Gasteiger partial charge in [-0.1, -0.05) is 24.3 Å². The first-order valence-electron chi connectivity index (χ1n) is 14.8. The fourth-order valence-corrected chi connectivity index (χ4v) is 6.72. The van der Waals surface area contributed by atoms with Gasteiger partial charge in [-0.3, -0.25) is 9.11 Å². The first-order valence-corrected chi connectivity index (χ1v) is 18.4. The molecule has 18 nitrogen and oxygen atoms in total. The second-order valence-electron chi connectivity index (χ2n) is 10.7. The Labute approximate surface area is 296 Å². The molecule has 0 unspecified atom stereocenters. The predicted octanol–water partition coefficient (Wildman–Crippen LogP) is 3.19. The van der Waals surface area contributed by atoms with Gasteiger partial charge in [-0.15, -0.1) is 0 Å². The minimum absolute atomic E-state index is 0.000284. The number of hydrogen-bond acceptors (Lipinski definition) is 16. The summed E-state index contributed by atoms with van der Waals surface area (Å²) < 4.78 is 80.4. The van der Waals surface area contributed by atoms with Crippen molar-refractivity contribution in [3.63, 3.8) is 0 Å². The standard InChI is InChI=1S/C28H28Cl2N10O8S2/c29-23-33-25(37-27(35-23)39-7-11-47-12-8-39)31-19-5-3-17(21(15-19)49(41,42)43)1-2-18-4-6-20(16-22(18)50(44,45)46)32-26-34-24(30)36-28(38-26)40-9-13-48-14-10-40/h1-6,15-16H,7-14H2,(H,41,42,43)(H,44,45,46)(H,31,33,35,37)(H,32,34,36,38). The lowest BCUT2D eigenvalue weighted by Crippen LogP contribution is -2.37. The summed E-state index contributed by atoms with van der Waals surface area (Å²) in [5, 5.41) is 5.54. The van der Waals surface area contributed by atoms with Crippen molar-refractivity contribution < 1.29 is 35.4 Å². The van der Waals surface area contributed by atoms with Crippen molar-refractivity contribution in [1.29, 1.82) is 0 Å². The van der Waals surface area contributed by atoms with E-state index in [0.717, 1.165) is 12.1 Å². The third-order valence-electron chi connectivity index (χ3n) is 7.32. The van der Waals surface area contributed by atoms with Gasteiger partial charge in [-0.2, -0.15) is 46.7 Å². The molecule has 2 saturated heterocycles. The lowest BCUT2D eigenvalue weighted by atomic mass is 10.1. The van der Waals surface area contributed by atoms with Crippen molar-refractivity contribution in [2.45, 2.75) is 9.79 Å². The summed E-state index contributed by atoms with van der Waals surface area (Å²) in [5.74, 6) is 0.658. The normalized spacial score (nSPS) is 15.8. The third kappa shape index (κ3) is 8.89. The van der Waals surface area contributed by atoms with Crippen LogP contribution in [0.15, 0.2) is 46.2 Å². The topological polar surface area (TPSA) is 235 Å². The molecule has 0 spiro atoms. The van der Waals surface area contributed by atoms with Crippen LogP contribution >= 0.6 is 23.2 Å². The zero-order valence-electron chi connectivity index (χ0n) is 25.8. The zero-order valence-corrected chi connectivity index (χ0v) is 28.9. The average Bonchev–Trinajstić information content (AvgIpc) is 3.07. The zero-order chi connectivity index (χ0) is 35.5. The highest BCUT2D eigenvalue weighted by Crippen LogP contribution is 2.28. The van der Waals surface area contributed by atoms with Crippen LogP contribution in [0.2, 0.25) is 10.6 Å². The molecule has 4 heterocycles. The van der Waals surface area contributed by atoms with Crippen LogP contribution in [-0.2, 0) is 29.7 Å². The number of ether oxygens (including phenoxy) is 2. The summed E-state index contributed by atoms with van der Waals surface area (Å²) in [5.41, 5.74) is 0.378. The maximum absolute atomic E-state index is 12.4. The fourth-order valence-electron chi connectivity index (χ4n) is 4.98. The molecule has 2 fully saturated rings. The van der Waals surface area contributed by atoms with Crippen LogP contribution in [0.25, 0.3) is 12.2 Å². The van der Waals surface area contributed by atoms with Crippen LogP contribution in [0.4, 0.5) is 35.2 Å². The minimum atomic E-state index is -4.79. The first-order chi connectivity index (χ1) is 23.8. The molecule has 50 heavy (non-hydrogen) atoms. The van der Waals surface area contributed by atoms with Gasteiger partial charge in [0.2, 0.25) is 34.4 Å². The number of anilines is 6. The second kappa shape index (κ2) is 14.9. The van der Waals surface area contributed by atoms with Crippen LogP contribution in [0.5, 0.6) is 0 Å². The summed E-state index contributed by atoms with van der Waals surface area (Å²) >= 11 is 12.2. The molecule has 2 aromatic heterocycles. The van der Waals surface area contributed by atoms with E-state index in [-0.39, 0.29) is 45.0 Å². The fraction of sp³-hybridized carbons (Fsp3) is 0.286. The molecular formula is C28H28Cl2N10O8S2. The van der Waals surface area contributed by atoms with Gasteiger partial charge in [0.25, 0.3) is 20.2 Å². The van der Waals surface area contributed by atoms with E-state index in [2.05, 4.69) is 40.5 Å². The van der Waals surface area contributed by atoms with Crippen molar-refractivity contribution in [3.8, 4) is 0 Å². The minimum Gasteiger partial charge on any atom is -0.378 e. The Morgan fingerprint density at radius 1 is 0.620 bits per heavy atom. The smallest absolute Gasteiger partial charge is 0.295 e. The second-order valence-corrected chi connectivity index (χ2v) is 14.1. The number of hydrogen-bond donors (Lipinski definition) is 4. The predicted molar refractivity (Wildman–Crippen MR) is 184 cm³/mol. The quantitative estimate of drug-likeness (QED) is 0.134. The Morgan fingerprint density at radius 2 is 1.00 bits per heavy atom. The summed E-state index contributed by atoms with van der Waals surface area (Å²) in [6, 6.07) is 8.00. The highest BCUT2D eigenvalue weighted by molar-refractivity contribution is 7.86. The maximum atomic E-state index is 12.4. The molecule has 4 N–H and O–H groups in total. The van der Waals surface area contributed by atoms with Gasteiger partial charge >= 0.3 is 0 Å². The molecule has 6 rings (SSSR count). The molecule has 2 aliphatic heterocycles. The first kappa shape index (κ1) is 35.5. The van der Waals surface area contributed by atoms with E-state index in [1.807, 2.05) is 9.80 Å². The molecule has 0 aliphatic carbocycles. The van der Waals surface area contributed by atoms with Crippen LogP contribution < -0.4 is 20.4 Å². The summed E-state index contributed by atoms with van der Waals surface area (Å²) in [6.45, 7) is 4.09. The SMILES string of the molecule is O=S(=O)(O)c1cc(Nc2nc(Cl)nc(N3CCOCC3)n2)ccc1C=Cc1ccc(Nc2nc(Cl)nc(N3CCOCC3)n2)cc1S(=O)(=O)O. The summed E-state index contributed by atoms with van der Waals surface area (Å²) in [4.78, 5) is 27.8.